The van der Waals surface area contributed by atoms with E-state index in [1.807, 2.05) is 13.8 Å². The molecular weight excluding hydrogens is 352 g/mol. The molecule has 0 spiro atoms. The Bertz CT molecular complexity index is 732. The number of anilines is 1. The lowest BCUT2D eigenvalue weighted by molar-refractivity contribution is -0.118. The molecule has 1 saturated heterocycles. The summed E-state index contributed by atoms with van der Waals surface area (Å²) in [6.45, 7) is 11.2. The molecule has 0 saturated carbocycles. The summed E-state index contributed by atoms with van der Waals surface area (Å²) >= 11 is 0. The molecule has 146 valence electrons. The number of benzene rings is 1. The van der Waals surface area contributed by atoms with E-state index in [4.69, 9.17) is 0 Å². The highest BCUT2D eigenvalue weighted by Crippen LogP contribution is 2.23. The first-order valence-corrected chi connectivity index (χ1v) is 10.6. The zero-order valence-electron chi connectivity index (χ0n) is 16.1. The van der Waals surface area contributed by atoms with Gasteiger partial charge in [-0.05, 0) is 31.5 Å². The molecular formula is C18H30N4O3S. The number of aryl methyl sites for hydroxylation is 1. The molecule has 0 bridgehead atoms. The van der Waals surface area contributed by atoms with Crippen molar-refractivity contribution in [3.8, 4) is 0 Å². The average molecular weight is 383 g/mol. The second kappa shape index (κ2) is 8.94. The molecule has 0 aliphatic carbocycles. The summed E-state index contributed by atoms with van der Waals surface area (Å²) in [7, 11) is -3.56. The number of rotatable bonds is 7. The standard InChI is InChI=1S/C18H30N4O3S/c1-5-22(6-2)26(24,25)17-11-16(8-7-14(17)3)20-18(23)13-21-10-9-19-12-15(21)4/h7-8,11,15,19H,5-6,9-10,12-13H2,1-4H3,(H,20,23)/t15-/m1/s1. The summed E-state index contributed by atoms with van der Waals surface area (Å²) in [5, 5.41) is 6.14. The second-order valence-electron chi connectivity index (χ2n) is 6.64. The molecule has 1 fully saturated rings. The molecule has 0 radical (unpaired) electrons. The van der Waals surface area contributed by atoms with Gasteiger partial charge in [0.05, 0.1) is 11.4 Å². The van der Waals surface area contributed by atoms with Gasteiger partial charge in [-0.1, -0.05) is 19.9 Å². The molecule has 1 aliphatic heterocycles. The topological polar surface area (TPSA) is 81.8 Å². The van der Waals surface area contributed by atoms with Crippen molar-refractivity contribution < 1.29 is 13.2 Å². The summed E-state index contributed by atoms with van der Waals surface area (Å²) in [4.78, 5) is 14.7. The Labute approximate surface area is 156 Å². The predicted octanol–water partition coefficient (Wildman–Crippen LogP) is 1.26. The number of nitrogens with one attached hydrogen (secondary N) is 2. The zero-order valence-corrected chi connectivity index (χ0v) is 16.9. The minimum absolute atomic E-state index is 0.131. The number of sulfonamides is 1. The number of hydrogen-bond donors (Lipinski definition) is 2. The number of amides is 1. The second-order valence-corrected chi connectivity index (χ2v) is 8.55. The van der Waals surface area contributed by atoms with Crippen molar-refractivity contribution in [3.05, 3.63) is 23.8 Å². The molecule has 1 heterocycles. The maximum atomic E-state index is 12.8. The van der Waals surface area contributed by atoms with Crippen LogP contribution in [0.5, 0.6) is 0 Å². The molecule has 1 aromatic carbocycles. The summed E-state index contributed by atoms with van der Waals surface area (Å²) in [5.41, 5.74) is 1.18. The Morgan fingerprint density at radius 3 is 2.65 bits per heavy atom. The summed E-state index contributed by atoms with van der Waals surface area (Å²) in [5.74, 6) is -0.131. The van der Waals surface area contributed by atoms with Crippen LogP contribution >= 0.6 is 0 Å². The van der Waals surface area contributed by atoms with Gasteiger partial charge in [-0.15, -0.1) is 0 Å². The van der Waals surface area contributed by atoms with Gasteiger partial charge in [0, 0.05) is 44.5 Å². The van der Waals surface area contributed by atoms with E-state index in [2.05, 4.69) is 22.5 Å². The monoisotopic (exact) mass is 382 g/mol. The molecule has 0 unspecified atom stereocenters. The maximum Gasteiger partial charge on any atom is 0.243 e. The number of nitrogens with zero attached hydrogens (tertiary/aromatic N) is 2. The van der Waals surface area contributed by atoms with Crippen LogP contribution in [0, 0.1) is 6.92 Å². The molecule has 1 aromatic rings. The van der Waals surface area contributed by atoms with Gasteiger partial charge in [0.25, 0.3) is 0 Å². The fourth-order valence-electron chi connectivity index (χ4n) is 3.16. The van der Waals surface area contributed by atoms with Gasteiger partial charge < -0.3 is 10.6 Å². The molecule has 2 N–H and O–H groups in total. The van der Waals surface area contributed by atoms with E-state index in [0.717, 1.165) is 19.6 Å². The highest BCUT2D eigenvalue weighted by atomic mass is 32.2. The van der Waals surface area contributed by atoms with Crippen LogP contribution in [0.25, 0.3) is 0 Å². The average Bonchev–Trinajstić information content (AvgIpc) is 2.59. The molecule has 26 heavy (non-hydrogen) atoms. The van der Waals surface area contributed by atoms with Crippen molar-refractivity contribution in [2.45, 2.75) is 38.6 Å². The van der Waals surface area contributed by atoms with Crippen LogP contribution in [-0.2, 0) is 14.8 Å². The molecule has 1 atom stereocenters. The first-order valence-electron chi connectivity index (χ1n) is 9.15. The van der Waals surface area contributed by atoms with E-state index < -0.39 is 10.0 Å². The lowest BCUT2D eigenvalue weighted by Gasteiger charge is -2.33. The van der Waals surface area contributed by atoms with Crippen molar-refractivity contribution in [1.29, 1.82) is 0 Å². The Morgan fingerprint density at radius 1 is 1.35 bits per heavy atom. The van der Waals surface area contributed by atoms with Gasteiger partial charge in [-0.2, -0.15) is 4.31 Å². The van der Waals surface area contributed by atoms with Crippen LogP contribution < -0.4 is 10.6 Å². The number of carbonyl (C=O) groups excluding carboxylic acids is 1. The van der Waals surface area contributed by atoms with Crippen molar-refractivity contribution in [1.82, 2.24) is 14.5 Å². The van der Waals surface area contributed by atoms with Gasteiger partial charge in [0.1, 0.15) is 0 Å². The molecule has 8 heteroatoms. The van der Waals surface area contributed by atoms with Gasteiger partial charge >= 0.3 is 0 Å². The quantitative estimate of drug-likeness (QED) is 0.742. The SMILES string of the molecule is CCN(CC)S(=O)(=O)c1cc(NC(=O)CN2CCNC[C@H]2C)ccc1C. The van der Waals surface area contributed by atoms with Crippen molar-refractivity contribution in [3.63, 3.8) is 0 Å². The summed E-state index contributed by atoms with van der Waals surface area (Å²) < 4.78 is 27.0. The van der Waals surface area contributed by atoms with Crippen molar-refractivity contribution in [2.75, 3.05) is 44.6 Å². The third-order valence-corrected chi connectivity index (χ3v) is 6.97. The third kappa shape index (κ3) is 4.82. The molecule has 7 nitrogen and oxygen atoms in total. The highest BCUT2D eigenvalue weighted by Gasteiger charge is 2.24. The maximum absolute atomic E-state index is 12.8. The lowest BCUT2D eigenvalue weighted by atomic mass is 10.2. The van der Waals surface area contributed by atoms with Crippen molar-refractivity contribution >= 4 is 21.6 Å². The molecule has 1 amide bonds. The van der Waals surface area contributed by atoms with Gasteiger partial charge in [0.15, 0.2) is 0 Å². The Kier molecular flexibility index (Phi) is 7.16. The minimum Gasteiger partial charge on any atom is -0.325 e. The van der Waals surface area contributed by atoms with Crippen LogP contribution in [0.3, 0.4) is 0 Å². The summed E-state index contributed by atoms with van der Waals surface area (Å²) in [6.07, 6.45) is 0. The van der Waals surface area contributed by atoms with Crippen LogP contribution in [0.1, 0.15) is 26.3 Å². The first kappa shape index (κ1) is 20.8. The van der Waals surface area contributed by atoms with Crippen LogP contribution in [-0.4, -0.2) is 68.8 Å². The van der Waals surface area contributed by atoms with Crippen LogP contribution in [0.15, 0.2) is 23.1 Å². The molecule has 1 aliphatic rings. The number of hydrogen-bond acceptors (Lipinski definition) is 5. The van der Waals surface area contributed by atoms with E-state index in [9.17, 15) is 13.2 Å². The fraction of sp³-hybridized carbons (Fsp3) is 0.611. The van der Waals surface area contributed by atoms with Gasteiger partial charge in [-0.25, -0.2) is 8.42 Å². The first-order chi connectivity index (χ1) is 12.3. The van der Waals surface area contributed by atoms with Crippen LogP contribution in [0.2, 0.25) is 0 Å². The van der Waals surface area contributed by atoms with E-state index >= 15 is 0 Å². The zero-order chi connectivity index (χ0) is 19.3. The predicted molar refractivity (Wildman–Crippen MR) is 104 cm³/mol. The van der Waals surface area contributed by atoms with Crippen molar-refractivity contribution in [2.24, 2.45) is 0 Å². The van der Waals surface area contributed by atoms with Crippen LogP contribution in [0.4, 0.5) is 5.69 Å². The van der Waals surface area contributed by atoms with E-state index in [0.29, 0.717) is 36.9 Å². The van der Waals surface area contributed by atoms with E-state index in [1.165, 1.54) is 4.31 Å². The smallest absolute Gasteiger partial charge is 0.243 e. The number of piperazine rings is 1. The Morgan fingerprint density at radius 2 is 2.04 bits per heavy atom. The van der Waals surface area contributed by atoms with Gasteiger partial charge in [0.2, 0.25) is 15.9 Å². The molecule has 2 rings (SSSR count). The van der Waals surface area contributed by atoms with Gasteiger partial charge in [-0.3, -0.25) is 9.69 Å². The van der Waals surface area contributed by atoms with E-state index in [-0.39, 0.29) is 10.8 Å². The Balaban J connectivity index is 2.15. The fourth-order valence-corrected chi connectivity index (χ4v) is 4.87. The Hall–Kier alpha value is -1.48. The molecule has 0 aromatic heterocycles. The highest BCUT2D eigenvalue weighted by molar-refractivity contribution is 7.89. The van der Waals surface area contributed by atoms with E-state index in [1.54, 1.807) is 25.1 Å². The lowest BCUT2D eigenvalue weighted by Crippen LogP contribution is -2.51. The number of carbonyl (C=O) groups is 1. The summed E-state index contributed by atoms with van der Waals surface area (Å²) in [6, 6.07) is 5.34. The minimum atomic E-state index is -3.56. The normalized spacial score (nSPS) is 18.9. The largest absolute Gasteiger partial charge is 0.325 e. The third-order valence-electron chi connectivity index (χ3n) is 4.78.